The number of hydrogen-bond acceptors (Lipinski definition) is 5. The summed E-state index contributed by atoms with van der Waals surface area (Å²) in [6, 6.07) is 7.72. The average Bonchev–Trinajstić information content (AvgIpc) is 2.85. The first-order chi connectivity index (χ1) is 18.7. The van der Waals surface area contributed by atoms with Gasteiger partial charge in [0.05, 0.1) is 29.2 Å². The van der Waals surface area contributed by atoms with Gasteiger partial charge in [0.25, 0.3) is 5.70 Å². The van der Waals surface area contributed by atoms with Crippen LogP contribution in [0.3, 0.4) is 0 Å². The minimum Gasteiger partial charge on any atom is -0.387 e. The monoisotopic (exact) mass is 568 g/mol. The van der Waals surface area contributed by atoms with Gasteiger partial charge in [-0.2, -0.15) is 15.8 Å². The van der Waals surface area contributed by atoms with Crippen molar-refractivity contribution in [3.05, 3.63) is 55.6 Å². The van der Waals surface area contributed by atoms with E-state index in [0.29, 0.717) is 37.0 Å². The quantitative estimate of drug-likeness (QED) is 0.160. The van der Waals surface area contributed by atoms with Gasteiger partial charge in [0, 0.05) is 12.2 Å². The Hall–Kier alpha value is -3.65. The normalized spacial score (nSPS) is 19.9. The molecule has 0 aliphatic heterocycles. The Labute approximate surface area is 238 Å². The zero-order chi connectivity index (χ0) is 30.1. The molecule has 0 heterocycles. The van der Waals surface area contributed by atoms with Crippen molar-refractivity contribution in [2.24, 2.45) is 10.8 Å². The summed E-state index contributed by atoms with van der Waals surface area (Å²) in [7, 11) is 0. The Morgan fingerprint density at radius 3 is 1.98 bits per heavy atom. The van der Waals surface area contributed by atoms with E-state index in [1.54, 1.807) is 6.07 Å². The maximum atomic E-state index is 14.1. The first kappa shape index (κ1) is 32.6. The van der Waals surface area contributed by atoms with Crippen molar-refractivity contribution in [1.82, 2.24) is 5.32 Å². The molecule has 10 heteroatoms. The highest BCUT2D eigenvalue weighted by molar-refractivity contribution is 8.24. The zero-order valence-corrected chi connectivity index (χ0v) is 24.4. The van der Waals surface area contributed by atoms with Gasteiger partial charge in [-0.25, -0.2) is 10.1 Å². The Balaban J connectivity index is 2.00. The molecule has 1 N–H and O–H groups in total. The molecule has 0 aromatic carbocycles. The number of allylic oxidation sites excluding steroid dienone is 7. The largest absolute Gasteiger partial charge is 0.387 e. The molecular formula is C30H35F3N6S. The van der Waals surface area contributed by atoms with Gasteiger partial charge >= 0.3 is 0 Å². The van der Waals surface area contributed by atoms with Gasteiger partial charge < -0.3 is 5.32 Å². The highest BCUT2D eigenvalue weighted by Gasteiger charge is 2.42. The zero-order valence-electron chi connectivity index (χ0n) is 23.6. The Morgan fingerprint density at radius 1 is 0.850 bits per heavy atom. The summed E-state index contributed by atoms with van der Waals surface area (Å²) in [5, 5.41) is 40.7. The van der Waals surface area contributed by atoms with E-state index in [2.05, 4.69) is 30.1 Å². The van der Waals surface area contributed by atoms with Crippen molar-refractivity contribution < 1.29 is 11.7 Å². The maximum absolute atomic E-state index is 14.1. The fourth-order valence-electron chi connectivity index (χ4n) is 5.61. The van der Waals surface area contributed by atoms with E-state index >= 15 is 0 Å². The predicted octanol–water partition coefficient (Wildman–Crippen LogP) is 9.09. The van der Waals surface area contributed by atoms with E-state index in [1.165, 1.54) is 0 Å². The first-order valence-corrected chi connectivity index (χ1v) is 14.6. The third kappa shape index (κ3) is 8.42. The molecule has 0 radical (unpaired) electrons. The number of rotatable bonds is 10. The predicted molar refractivity (Wildman–Crippen MR) is 150 cm³/mol. The van der Waals surface area contributed by atoms with Crippen molar-refractivity contribution in [3.63, 3.8) is 0 Å². The summed E-state index contributed by atoms with van der Waals surface area (Å²) >= 11 is -5.63. The first-order valence-electron chi connectivity index (χ1n) is 13.3. The number of halogens is 3. The minimum atomic E-state index is -5.63. The van der Waals surface area contributed by atoms with Crippen LogP contribution in [0.5, 0.6) is 0 Å². The Bertz CT molecular complexity index is 1310. The molecule has 0 saturated carbocycles. The lowest BCUT2D eigenvalue weighted by atomic mass is 9.70. The van der Waals surface area contributed by atoms with Crippen LogP contribution in [-0.2, 0) is 0 Å². The summed E-state index contributed by atoms with van der Waals surface area (Å²) in [4.78, 5) is 2.28. The van der Waals surface area contributed by atoms with Crippen molar-refractivity contribution in [1.29, 1.82) is 21.0 Å². The molecule has 0 bridgehead atoms. The van der Waals surface area contributed by atoms with E-state index in [0.717, 1.165) is 37.7 Å². The lowest BCUT2D eigenvalue weighted by Crippen LogP contribution is -2.29. The minimum absolute atomic E-state index is 0.00150. The third-order valence-electron chi connectivity index (χ3n) is 7.23. The van der Waals surface area contributed by atoms with Crippen molar-refractivity contribution >= 4 is 11.2 Å². The molecule has 2 aliphatic carbocycles. The molecule has 2 rings (SSSR count). The molecule has 40 heavy (non-hydrogen) atoms. The third-order valence-corrected chi connectivity index (χ3v) is 8.18. The average molecular weight is 569 g/mol. The highest BCUT2D eigenvalue weighted by Crippen LogP contribution is 2.67. The molecule has 0 atom stereocenters. The molecular weight excluding hydrogens is 533 g/mol. The molecule has 0 fully saturated rings. The van der Waals surface area contributed by atoms with Crippen LogP contribution >= 0.6 is 11.2 Å². The fourth-order valence-corrected chi connectivity index (χ4v) is 6.48. The number of nitriles is 4. The number of nitrogens with zero attached hydrogens (tertiary/aromatic N) is 5. The Morgan fingerprint density at radius 2 is 1.43 bits per heavy atom. The molecule has 0 saturated heterocycles. The number of unbranched alkanes of at least 4 members (excludes halogenated alkanes) is 4. The second kappa shape index (κ2) is 13.6. The summed E-state index contributed by atoms with van der Waals surface area (Å²) < 4.78 is 42.3. The van der Waals surface area contributed by atoms with Gasteiger partial charge in [0.1, 0.15) is 17.7 Å². The van der Waals surface area contributed by atoms with E-state index in [-0.39, 0.29) is 35.1 Å². The van der Waals surface area contributed by atoms with Crippen molar-refractivity contribution in [2.75, 3.05) is 6.54 Å². The molecule has 212 valence electrons. The second-order valence-corrected chi connectivity index (χ2v) is 13.1. The topological polar surface area (TPSA) is 112 Å². The van der Waals surface area contributed by atoms with Gasteiger partial charge in [0.2, 0.25) is 11.2 Å². The molecule has 2 aliphatic rings. The summed E-state index contributed by atoms with van der Waals surface area (Å²) in [5.74, 6) is 0. The number of nitrogens with one attached hydrogen (secondary N) is 1. The van der Waals surface area contributed by atoms with Crippen LogP contribution in [0.15, 0.2) is 44.2 Å². The van der Waals surface area contributed by atoms with Gasteiger partial charge in [-0.3, -0.25) is 0 Å². The van der Waals surface area contributed by atoms with Crippen LogP contribution in [0, 0.1) is 62.7 Å². The van der Waals surface area contributed by atoms with Crippen molar-refractivity contribution in [3.8, 4) is 24.3 Å². The SMILES string of the molecule is [C-]#[N+]/C(C#N)=C1\CC(C)(C)CC(NCCCCCCCC2=C(C#N)C(=C(C#N)C#N)CC(C)(C)C2)=C1S(F)(F)F. The van der Waals surface area contributed by atoms with Crippen LogP contribution in [0.2, 0.25) is 0 Å². The van der Waals surface area contributed by atoms with E-state index in [1.807, 2.05) is 26.0 Å². The molecule has 0 aromatic rings. The lowest BCUT2D eigenvalue weighted by Gasteiger charge is -2.37. The van der Waals surface area contributed by atoms with Gasteiger partial charge in [-0.05, 0) is 66.9 Å². The van der Waals surface area contributed by atoms with E-state index in [9.17, 15) is 32.7 Å². The van der Waals surface area contributed by atoms with Gasteiger partial charge in [0.15, 0.2) is 0 Å². The highest BCUT2D eigenvalue weighted by atomic mass is 32.3. The summed E-state index contributed by atoms with van der Waals surface area (Å²) in [6.45, 7) is 15.4. The van der Waals surface area contributed by atoms with E-state index in [4.69, 9.17) is 6.57 Å². The van der Waals surface area contributed by atoms with Gasteiger partial charge in [-0.1, -0.05) is 52.5 Å². The number of hydrogen-bond donors (Lipinski definition) is 1. The van der Waals surface area contributed by atoms with Crippen LogP contribution in [0.4, 0.5) is 11.7 Å². The van der Waals surface area contributed by atoms with Crippen molar-refractivity contribution in [2.45, 2.75) is 91.9 Å². The fraction of sp³-hybridized carbons (Fsp3) is 0.567. The summed E-state index contributed by atoms with van der Waals surface area (Å²) in [6.07, 6.45) is 6.31. The lowest BCUT2D eigenvalue weighted by molar-refractivity contribution is 0.337. The van der Waals surface area contributed by atoms with E-state index < -0.39 is 27.2 Å². The van der Waals surface area contributed by atoms with Crippen LogP contribution in [-0.4, -0.2) is 6.54 Å². The molecule has 0 spiro atoms. The standard InChI is InChI=1S/C30H35F3N6S/c1-29(2)13-21(25(19-36)23(14-29)22(17-34)18-35)11-9-7-6-8-10-12-39-26-16-30(3,4)15-24(27(20-37)38-5)28(26)40(31,32)33/h39H,6-16H2,1-4H3/b27-24+. The smallest absolute Gasteiger partial charge is 0.266 e. The molecule has 0 aromatic heterocycles. The molecule has 0 unspecified atom stereocenters. The molecule has 6 nitrogen and oxygen atoms in total. The molecule has 0 amide bonds. The van der Waals surface area contributed by atoms with Crippen LogP contribution in [0.25, 0.3) is 4.85 Å². The van der Waals surface area contributed by atoms with Crippen LogP contribution in [0.1, 0.15) is 91.9 Å². The maximum Gasteiger partial charge on any atom is 0.266 e. The van der Waals surface area contributed by atoms with Gasteiger partial charge in [-0.15, -0.1) is 11.7 Å². The van der Waals surface area contributed by atoms with Crippen LogP contribution < -0.4 is 5.32 Å². The summed E-state index contributed by atoms with van der Waals surface area (Å²) in [5.41, 5.74) is 0.757. The second-order valence-electron chi connectivity index (χ2n) is 11.9. The Kier molecular flexibility index (Phi) is 11.1.